The molecule has 0 saturated carbocycles. The summed E-state index contributed by atoms with van der Waals surface area (Å²) in [6, 6.07) is 5.09. The molecule has 1 aromatic carbocycles. The second kappa shape index (κ2) is 7.37. The third-order valence-electron chi connectivity index (χ3n) is 4.98. The number of hydrogen-bond acceptors (Lipinski definition) is 3. The van der Waals surface area contributed by atoms with Gasteiger partial charge in [-0.05, 0) is 68.5 Å². The second-order valence-electron chi connectivity index (χ2n) is 7.34. The van der Waals surface area contributed by atoms with Crippen molar-refractivity contribution in [2.45, 2.75) is 60.6 Å². The Morgan fingerprint density at radius 2 is 1.71 bits per heavy atom. The lowest BCUT2D eigenvalue weighted by Crippen LogP contribution is -2.26. The monoisotopic (exact) mass is 389 g/mol. The average Bonchev–Trinajstić information content (AvgIpc) is 2.91. The number of ether oxygens (including phenoxy) is 1. The van der Waals surface area contributed by atoms with Crippen LogP contribution >= 0.6 is 0 Å². The third-order valence-corrected chi connectivity index (χ3v) is 4.98. The largest absolute Gasteiger partial charge is 0.435 e. The molecule has 0 amide bonds. The molecule has 0 saturated heterocycles. The molecule has 0 unspecified atom stereocenters. The van der Waals surface area contributed by atoms with Gasteiger partial charge in [0.25, 0.3) is 5.56 Å². The van der Waals surface area contributed by atoms with Crippen LogP contribution < -0.4 is 10.3 Å². The Hall–Kier alpha value is -2.70. The topological polar surface area (TPSA) is 48.5 Å². The van der Waals surface area contributed by atoms with Crippen LogP contribution in [0.5, 0.6) is 5.75 Å². The van der Waals surface area contributed by atoms with Crippen molar-refractivity contribution in [1.29, 1.82) is 0 Å². The molecule has 0 spiro atoms. The molecule has 3 rings (SSSR count). The van der Waals surface area contributed by atoms with E-state index < -0.39 is 6.61 Å². The first-order chi connectivity index (χ1) is 13.1. The fourth-order valence-electron chi connectivity index (χ4n) is 3.73. The number of aromatic nitrogens is 3. The number of benzene rings is 1. The van der Waals surface area contributed by atoms with Crippen molar-refractivity contribution in [1.82, 2.24) is 14.2 Å². The molecule has 0 radical (unpaired) electrons. The molecule has 28 heavy (non-hydrogen) atoms. The zero-order valence-corrected chi connectivity index (χ0v) is 17.0. The van der Waals surface area contributed by atoms with Crippen LogP contribution in [-0.2, 0) is 6.54 Å². The molecule has 7 heteroatoms. The predicted octanol–water partition coefficient (Wildman–Crippen LogP) is 4.83. The van der Waals surface area contributed by atoms with Crippen LogP contribution in [-0.4, -0.2) is 20.8 Å². The number of halogens is 2. The van der Waals surface area contributed by atoms with E-state index in [0.717, 1.165) is 27.9 Å². The van der Waals surface area contributed by atoms with Crippen LogP contribution in [0.2, 0.25) is 0 Å². The van der Waals surface area contributed by atoms with Crippen LogP contribution in [0.1, 0.15) is 49.1 Å². The van der Waals surface area contributed by atoms with Gasteiger partial charge in [-0.1, -0.05) is 13.8 Å². The van der Waals surface area contributed by atoms with Crippen molar-refractivity contribution >= 4 is 5.52 Å². The van der Waals surface area contributed by atoms with Gasteiger partial charge in [-0.15, -0.1) is 5.10 Å². The van der Waals surface area contributed by atoms with Crippen molar-refractivity contribution < 1.29 is 13.5 Å². The van der Waals surface area contributed by atoms with Crippen LogP contribution in [0.15, 0.2) is 23.0 Å². The molecular formula is C21H25F2N3O2. The van der Waals surface area contributed by atoms with Gasteiger partial charge in [-0.2, -0.15) is 8.78 Å². The maximum Gasteiger partial charge on any atom is 0.387 e. The van der Waals surface area contributed by atoms with E-state index in [2.05, 4.69) is 18.6 Å². The first-order valence-corrected chi connectivity index (χ1v) is 9.35. The molecule has 150 valence electrons. The van der Waals surface area contributed by atoms with Crippen molar-refractivity contribution in [3.63, 3.8) is 0 Å². The smallest absolute Gasteiger partial charge is 0.387 e. The van der Waals surface area contributed by atoms with E-state index in [9.17, 15) is 13.6 Å². The van der Waals surface area contributed by atoms with E-state index in [0.29, 0.717) is 17.9 Å². The predicted molar refractivity (Wildman–Crippen MR) is 105 cm³/mol. The highest BCUT2D eigenvalue weighted by molar-refractivity contribution is 5.68. The number of rotatable bonds is 5. The maximum atomic E-state index is 13.3. The van der Waals surface area contributed by atoms with Gasteiger partial charge in [0.1, 0.15) is 11.3 Å². The number of alkyl halides is 2. The second-order valence-corrected chi connectivity index (χ2v) is 7.34. The van der Waals surface area contributed by atoms with E-state index in [1.165, 1.54) is 0 Å². The summed E-state index contributed by atoms with van der Waals surface area (Å²) in [7, 11) is 0. The summed E-state index contributed by atoms with van der Waals surface area (Å²) in [4.78, 5) is 13.3. The molecule has 0 aliphatic carbocycles. The van der Waals surface area contributed by atoms with Gasteiger partial charge in [0.05, 0.1) is 0 Å². The number of fused-ring (bicyclic) bond motifs is 1. The van der Waals surface area contributed by atoms with Crippen LogP contribution in [0, 0.1) is 20.8 Å². The number of hydrogen-bond donors (Lipinski definition) is 0. The van der Waals surface area contributed by atoms with Crippen molar-refractivity contribution in [2.75, 3.05) is 0 Å². The van der Waals surface area contributed by atoms with Crippen LogP contribution in [0.25, 0.3) is 16.9 Å². The van der Waals surface area contributed by atoms with Gasteiger partial charge in [0, 0.05) is 17.8 Å². The standard InChI is InChI=1S/C21H25F2N3O2/c1-7-25-19(17-12(4)8-15(9-13(17)5)28-21(22)23)24-26-14(6)10-16(11(2)3)18(26)20(25)27/h8-11,21H,7H2,1-6H3. The maximum absolute atomic E-state index is 13.3. The molecule has 0 atom stereocenters. The van der Waals surface area contributed by atoms with Crippen molar-refractivity contribution in [3.8, 4) is 17.1 Å². The molecule has 0 bridgehead atoms. The third kappa shape index (κ3) is 3.30. The van der Waals surface area contributed by atoms with Gasteiger partial charge in [-0.25, -0.2) is 4.52 Å². The Morgan fingerprint density at radius 1 is 1.11 bits per heavy atom. The summed E-state index contributed by atoms with van der Waals surface area (Å²) in [5.41, 5.74) is 4.53. The number of nitrogens with zero attached hydrogens (tertiary/aromatic N) is 3. The molecule has 2 aromatic heterocycles. The van der Waals surface area contributed by atoms with Gasteiger partial charge in [-0.3, -0.25) is 9.36 Å². The Bertz CT molecular complexity index is 1070. The Morgan fingerprint density at radius 3 is 2.21 bits per heavy atom. The summed E-state index contributed by atoms with van der Waals surface area (Å²) in [6.07, 6.45) is 0. The molecule has 0 aliphatic heterocycles. The highest BCUT2D eigenvalue weighted by Gasteiger charge is 2.21. The minimum atomic E-state index is -2.88. The zero-order chi connectivity index (χ0) is 20.7. The van der Waals surface area contributed by atoms with Gasteiger partial charge < -0.3 is 4.74 Å². The zero-order valence-electron chi connectivity index (χ0n) is 17.0. The minimum Gasteiger partial charge on any atom is -0.435 e. The van der Waals surface area contributed by atoms with E-state index in [1.807, 2.05) is 19.9 Å². The average molecular weight is 389 g/mol. The summed E-state index contributed by atoms with van der Waals surface area (Å²) in [5.74, 6) is 0.815. The van der Waals surface area contributed by atoms with Gasteiger partial charge in [0.15, 0.2) is 5.82 Å². The van der Waals surface area contributed by atoms with Crippen LogP contribution in [0.3, 0.4) is 0 Å². The highest BCUT2D eigenvalue weighted by atomic mass is 19.3. The lowest BCUT2D eigenvalue weighted by atomic mass is 10.0. The summed E-state index contributed by atoms with van der Waals surface area (Å²) in [5, 5.41) is 4.78. The van der Waals surface area contributed by atoms with Crippen molar-refractivity contribution in [2.24, 2.45) is 0 Å². The van der Waals surface area contributed by atoms with Crippen LogP contribution in [0.4, 0.5) is 8.78 Å². The first-order valence-electron chi connectivity index (χ1n) is 9.35. The van der Waals surface area contributed by atoms with Gasteiger partial charge >= 0.3 is 6.61 Å². The normalized spacial score (nSPS) is 11.8. The Balaban J connectivity index is 2.33. The summed E-state index contributed by atoms with van der Waals surface area (Å²) >= 11 is 0. The van der Waals surface area contributed by atoms with Gasteiger partial charge in [0.2, 0.25) is 0 Å². The molecule has 0 N–H and O–H groups in total. The van der Waals surface area contributed by atoms with Crippen molar-refractivity contribution in [3.05, 3.63) is 50.9 Å². The van der Waals surface area contributed by atoms with E-state index in [-0.39, 0.29) is 17.2 Å². The lowest BCUT2D eigenvalue weighted by molar-refractivity contribution is -0.0498. The Kier molecular flexibility index (Phi) is 5.28. The van der Waals surface area contributed by atoms with E-state index >= 15 is 0 Å². The highest BCUT2D eigenvalue weighted by Crippen LogP contribution is 2.31. The fraction of sp³-hybridized carbons (Fsp3) is 0.429. The minimum absolute atomic E-state index is 0.0967. The molecule has 0 aliphatic rings. The molecular weight excluding hydrogens is 364 g/mol. The number of aryl methyl sites for hydroxylation is 3. The lowest BCUT2D eigenvalue weighted by Gasteiger charge is -2.17. The molecule has 2 heterocycles. The summed E-state index contributed by atoms with van der Waals surface area (Å²) < 4.78 is 33.0. The fourth-order valence-corrected chi connectivity index (χ4v) is 3.73. The Labute approximate surface area is 162 Å². The summed E-state index contributed by atoms with van der Waals surface area (Å²) in [6.45, 7) is 9.09. The first kappa shape index (κ1) is 20.0. The van der Waals surface area contributed by atoms with E-state index in [4.69, 9.17) is 5.10 Å². The molecule has 5 nitrogen and oxygen atoms in total. The molecule has 3 aromatic rings. The SMILES string of the molecule is CCn1c(-c2c(C)cc(OC(F)F)cc2C)nn2c(C)cc(C(C)C)c2c1=O. The van der Waals surface area contributed by atoms with E-state index in [1.54, 1.807) is 35.1 Å². The quantitative estimate of drug-likeness (QED) is 0.628. The molecule has 0 fully saturated rings.